The lowest BCUT2D eigenvalue weighted by molar-refractivity contribution is 0.0697. The molecule has 0 spiro atoms. The van der Waals surface area contributed by atoms with Crippen molar-refractivity contribution in [2.45, 2.75) is 13.8 Å². The molecule has 140 valence electrons. The van der Waals surface area contributed by atoms with E-state index >= 15 is 0 Å². The van der Waals surface area contributed by atoms with Gasteiger partial charge in [-0.3, -0.25) is 4.99 Å². The van der Waals surface area contributed by atoms with Crippen LogP contribution in [-0.4, -0.2) is 69.2 Å². The Labute approximate surface area is 151 Å². The Bertz CT molecular complexity index is 751. The van der Waals surface area contributed by atoms with Gasteiger partial charge in [-0.15, -0.1) is 10.2 Å². The summed E-state index contributed by atoms with van der Waals surface area (Å²) in [5, 5.41) is 26.4. The normalized spacial score (nSPS) is 11.5. The number of benzene rings is 1. The number of carboxylic acids is 1. The number of nitrogens with zero attached hydrogens (tertiary/aromatic N) is 8. The lowest BCUT2D eigenvalue weighted by atomic mass is 10.2. The molecule has 0 unspecified atom stereocenters. The summed E-state index contributed by atoms with van der Waals surface area (Å²) in [4.78, 5) is 16.8. The molecule has 11 nitrogen and oxygen atoms in total. The van der Waals surface area contributed by atoms with Crippen molar-refractivity contribution in [2.24, 2.45) is 21.2 Å². The van der Waals surface area contributed by atoms with E-state index in [-0.39, 0.29) is 5.56 Å². The molecule has 0 saturated heterocycles. The SMILES string of the molecule is CC(N=NN)=NCCN(C)C.Cc1nnnn1-c1ccc(C(=O)O)cc1. The molecule has 0 saturated carbocycles. The molecule has 3 N–H and O–H groups in total. The van der Waals surface area contributed by atoms with Crippen molar-refractivity contribution in [3.63, 3.8) is 0 Å². The van der Waals surface area contributed by atoms with Crippen LogP contribution in [0.5, 0.6) is 0 Å². The van der Waals surface area contributed by atoms with Crippen LogP contribution in [0.25, 0.3) is 5.69 Å². The zero-order valence-electron chi connectivity index (χ0n) is 15.2. The fourth-order valence-electron chi connectivity index (χ4n) is 1.74. The predicted octanol–water partition coefficient (Wildman–Crippen LogP) is 0.961. The molecule has 0 atom stereocenters. The number of carboxylic acid groups (broad SMARTS) is 1. The van der Waals surface area contributed by atoms with Crippen LogP contribution in [0.4, 0.5) is 0 Å². The summed E-state index contributed by atoms with van der Waals surface area (Å²) in [6.07, 6.45) is 0. The van der Waals surface area contributed by atoms with Gasteiger partial charge in [-0.1, -0.05) is 5.22 Å². The molecule has 0 bridgehead atoms. The molecule has 0 aliphatic rings. The number of tetrazole rings is 1. The van der Waals surface area contributed by atoms with E-state index in [4.69, 9.17) is 10.9 Å². The first-order chi connectivity index (χ1) is 12.3. The average molecular weight is 361 g/mol. The fourth-order valence-corrected chi connectivity index (χ4v) is 1.74. The number of nitrogens with two attached hydrogens (primary N) is 1. The number of hydrogen-bond donors (Lipinski definition) is 2. The molecule has 0 aliphatic carbocycles. The summed E-state index contributed by atoms with van der Waals surface area (Å²) in [6, 6.07) is 6.34. The number of aromatic nitrogens is 4. The average Bonchev–Trinajstić information content (AvgIpc) is 3.01. The summed E-state index contributed by atoms with van der Waals surface area (Å²) in [5.74, 6) is 5.15. The zero-order valence-corrected chi connectivity index (χ0v) is 15.2. The van der Waals surface area contributed by atoms with Gasteiger partial charge >= 0.3 is 5.97 Å². The molecule has 2 aromatic rings. The standard InChI is InChI=1S/C9H8N4O2.C6H15N5/c1-6-10-11-12-13(6)8-4-2-7(3-5-8)9(14)15;1-6(9-10-7)8-4-5-11(2)3/h2-5H,1H3,(H,14,15);4-5H2,1-3H3,(H2,7,8,9). The fraction of sp³-hybridized carbons (Fsp3) is 0.400. The van der Waals surface area contributed by atoms with Gasteiger partial charge in [0.1, 0.15) is 5.84 Å². The molecule has 1 aromatic carbocycles. The Morgan fingerprint density at radius 1 is 1.31 bits per heavy atom. The number of rotatable bonds is 5. The van der Waals surface area contributed by atoms with Crippen molar-refractivity contribution in [1.29, 1.82) is 0 Å². The minimum atomic E-state index is -0.949. The van der Waals surface area contributed by atoms with Crippen LogP contribution in [0.2, 0.25) is 0 Å². The molecule has 11 heteroatoms. The maximum Gasteiger partial charge on any atom is 0.335 e. The third-order valence-corrected chi connectivity index (χ3v) is 3.07. The van der Waals surface area contributed by atoms with Crippen LogP contribution in [-0.2, 0) is 0 Å². The van der Waals surface area contributed by atoms with Crippen LogP contribution in [0.1, 0.15) is 23.1 Å². The van der Waals surface area contributed by atoms with E-state index in [9.17, 15) is 4.79 Å². The first kappa shape index (κ1) is 20.8. The molecule has 1 heterocycles. The van der Waals surface area contributed by atoms with Gasteiger partial charge in [-0.25, -0.2) is 4.79 Å². The van der Waals surface area contributed by atoms with E-state index in [2.05, 4.69) is 35.8 Å². The van der Waals surface area contributed by atoms with E-state index in [0.29, 0.717) is 11.7 Å². The largest absolute Gasteiger partial charge is 0.478 e. The topological polar surface area (TPSA) is 147 Å². The van der Waals surface area contributed by atoms with E-state index in [1.54, 1.807) is 26.0 Å². The molecule has 0 amide bonds. The third kappa shape index (κ3) is 7.13. The van der Waals surface area contributed by atoms with Crippen LogP contribution in [0, 0.1) is 6.92 Å². The van der Waals surface area contributed by atoms with Crippen molar-refractivity contribution in [2.75, 3.05) is 27.2 Å². The number of aryl methyl sites for hydroxylation is 1. The van der Waals surface area contributed by atoms with Gasteiger partial charge in [-0.2, -0.15) is 4.68 Å². The summed E-state index contributed by atoms with van der Waals surface area (Å²) in [7, 11) is 3.99. The van der Waals surface area contributed by atoms with E-state index in [1.807, 2.05) is 14.1 Å². The van der Waals surface area contributed by atoms with Gasteiger partial charge in [0.2, 0.25) is 0 Å². The van der Waals surface area contributed by atoms with Gasteiger partial charge < -0.3 is 15.8 Å². The minimum absolute atomic E-state index is 0.240. The van der Waals surface area contributed by atoms with Crippen LogP contribution in [0.3, 0.4) is 0 Å². The maximum absolute atomic E-state index is 10.6. The van der Waals surface area contributed by atoms with Crippen molar-refractivity contribution >= 4 is 11.8 Å². The first-order valence-corrected chi connectivity index (χ1v) is 7.70. The second-order valence-electron chi connectivity index (χ2n) is 5.44. The first-order valence-electron chi connectivity index (χ1n) is 7.70. The van der Waals surface area contributed by atoms with Gasteiger partial charge in [0.05, 0.1) is 17.8 Å². The van der Waals surface area contributed by atoms with Crippen molar-refractivity contribution in [3.8, 4) is 5.69 Å². The lowest BCUT2D eigenvalue weighted by Crippen LogP contribution is -2.15. The molecule has 0 radical (unpaired) electrons. The summed E-state index contributed by atoms with van der Waals surface area (Å²) in [6.45, 7) is 5.19. The Balaban J connectivity index is 0.000000276. The molecular formula is C15H23N9O2. The summed E-state index contributed by atoms with van der Waals surface area (Å²) < 4.78 is 1.53. The maximum atomic E-state index is 10.6. The number of aromatic carboxylic acids is 1. The molecule has 0 fully saturated rings. The number of hydrogen-bond acceptors (Lipinski definition) is 7. The van der Waals surface area contributed by atoms with Gasteiger partial charge in [0, 0.05) is 6.54 Å². The van der Waals surface area contributed by atoms with Crippen molar-refractivity contribution in [3.05, 3.63) is 35.7 Å². The Kier molecular flexibility index (Phi) is 8.50. The molecule has 1 aromatic heterocycles. The molecular weight excluding hydrogens is 338 g/mol. The monoisotopic (exact) mass is 361 g/mol. The molecule has 26 heavy (non-hydrogen) atoms. The Morgan fingerprint density at radius 2 is 1.96 bits per heavy atom. The van der Waals surface area contributed by atoms with E-state index in [1.165, 1.54) is 16.8 Å². The second-order valence-corrected chi connectivity index (χ2v) is 5.44. The number of aliphatic imine (C=N–C) groups is 1. The third-order valence-electron chi connectivity index (χ3n) is 3.07. The highest BCUT2D eigenvalue weighted by molar-refractivity contribution is 5.87. The molecule has 2 rings (SSSR count). The predicted molar refractivity (Wildman–Crippen MR) is 96.4 cm³/mol. The number of carbonyl (C=O) groups is 1. The van der Waals surface area contributed by atoms with Crippen molar-refractivity contribution < 1.29 is 9.90 Å². The highest BCUT2D eigenvalue weighted by Crippen LogP contribution is 2.09. The van der Waals surface area contributed by atoms with Crippen LogP contribution >= 0.6 is 0 Å². The van der Waals surface area contributed by atoms with E-state index < -0.39 is 5.97 Å². The highest BCUT2D eigenvalue weighted by Gasteiger charge is 2.05. The van der Waals surface area contributed by atoms with Gasteiger partial charge in [0.15, 0.2) is 5.82 Å². The Hall–Kier alpha value is -3.21. The smallest absolute Gasteiger partial charge is 0.335 e. The van der Waals surface area contributed by atoms with E-state index in [0.717, 1.165) is 18.8 Å². The Morgan fingerprint density at radius 3 is 2.42 bits per heavy atom. The summed E-state index contributed by atoms with van der Waals surface area (Å²) >= 11 is 0. The number of amidine groups is 1. The van der Waals surface area contributed by atoms with Crippen molar-refractivity contribution in [1.82, 2.24) is 25.1 Å². The quantitative estimate of drug-likeness (QED) is 0.265. The van der Waals surface area contributed by atoms with Crippen LogP contribution < -0.4 is 5.84 Å². The van der Waals surface area contributed by atoms with Crippen LogP contribution in [0.15, 0.2) is 39.6 Å². The molecule has 0 aliphatic heterocycles. The number of likely N-dealkylation sites (N-methyl/N-ethyl adjacent to an activating group) is 1. The summed E-state index contributed by atoms with van der Waals surface area (Å²) in [5.41, 5.74) is 0.979. The van der Waals surface area contributed by atoms with Gasteiger partial charge in [0.25, 0.3) is 0 Å². The second kappa shape index (κ2) is 10.6. The van der Waals surface area contributed by atoms with Gasteiger partial charge in [-0.05, 0) is 62.6 Å². The zero-order chi connectivity index (χ0) is 19.5. The highest BCUT2D eigenvalue weighted by atomic mass is 16.4. The minimum Gasteiger partial charge on any atom is -0.478 e. The lowest BCUT2D eigenvalue weighted by Gasteiger charge is -2.05.